The second-order valence-electron chi connectivity index (χ2n) is 9.56. The van der Waals surface area contributed by atoms with E-state index in [4.69, 9.17) is 21.1 Å². The minimum Gasteiger partial charge on any atom is -0.493 e. The monoisotopic (exact) mass is 574 g/mol. The molecule has 41 heavy (non-hydrogen) atoms. The molecule has 4 aromatic carbocycles. The van der Waals surface area contributed by atoms with E-state index in [0.29, 0.717) is 34.1 Å². The maximum absolute atomic E-state index is 14.0. The van der Waals surface area contributed by atoms with Crippen LogP contribution in [0.25, 0.3) is 0 Å². The van der Waals surface area contributed by atoms with E-state index in [2.05, 4.69) is 5.32 Å². The van der Waals surface area contributed by atoms with Gasteiger partial charge in [0, 0.05) is 24.5 Å². The van der Waals surface area contributed by atoms with E-state index in [0.717, 1.165) is 11.1 Å². The van der Waals surface area contributed by atoms with Gasteiger partial charge in [-0.05, 0) is 58.7 Å². The van der Waals surface area contributed by atoms with Crippen molar-refractivity contribution in [1.29, 1.82) is 0 Å². The molecule has 212 valence electrons. The fourth-order valence-corrected chi connectivity index (χ4v) is 4.64. The quantitative estimate of drug-likeness (QED) is 0.225. The van der Waals surface area contributed by atoms with E-state index in [1.54, 1.807) is 54.5 Å². The Kier molecular flexibility index (Phi) is 10.3. The number of ether oxygens (including phenoxy) is 2. The summed E-state index contributed by atoms with van der Waals surface area (Å²) in [7, 11) is 3.08. The first-order chi connectivity index (χ1) is 19.9. The number of benzene rings is 4. The highest BCUT2D eigenvalue weighted by molar-refractivity contribution is 6.30. The van der Waals surface area contributed by atoms with Crippen molar-refractivity contribution in [3.8, 4) is 11.5 Å². The molecule has 0 fully saturated rings. The molecule has 0 aromatic heterocycles. The number of amides is 2. The number of rotatable bonds is 12. The Balaban J connectivity index is 1.66. The molecule has 0 aliphatic rings. The van der Waals surface area contributed by atoms with Gasteiger partial charge in [0.15, 0.2) is 11.5 Å². The van der Waals surface area contributed by atoms with E-state index in [9.17, 15) is 14.0 Å². The summed E-state index contributed by atoms with van der Waals surface area (Å²) >= 11 is 6.01. The summed E-state index contributed by atoms with van der Waals surface area (Å²) in [5.41, 5.74) is 3.19. The van der Waals surface area contributed by atoms with Crippen LogP contribution >= 0.6 is 11.6 Å². The van der Waals surface area contributed by atoms with E-state index >= 15 is 0 Å². The average molecular weight is 575 g/mol. The molecule has 4 aromatic rings. The van der Waals surface area contributed by atoms with Gasteiger partial charge in [0.2, 0.25) is 11.8 Å². The number of nitrogens with one attached hydrogen (secondary N) is 1. The molecule has 0 aliphatic heterocycles. The lowest BCUT2D eigenvalue weighted by Gasteiger charge is -2.32. The van der Waals surface area contributed by atoms with Crippen LogP contribution in [0, 0.1) is 5.82 Å². The number of hydrogen-bond acceptors (Lipinski definition) is 4. The van der Waals surface area contributed by atoms with Gasteiger partial charge in [0.25, 0.3) is 0 Å². The summed E-state index contributed by atoms with van der Waals surface area (Å²) < 4.78 is 24.4. The SMILES string of the molecule is COc1ccc(CC(=O)N(Cc2ccc(F)cc2)[C@@H](Cc2ccccc2)C(=O)NCc2ccc(Cl)cc2)cc1OC. The number of hydrogen-bond donors (Lipinski definition) is 1. The molecule has 0 heterocycles. The van der Waals surface area contributed by atoms with Gasteiger partial charge in [-0.2, -0.15) is 0 Å². The zero-order chi connectivity index (χ0) is 29.2. The largest absolute Gasteiger partial charge is 0.493 e. The summed E-state index contributed by atoms with van der Waals surface area (Å²) in [6.45, 7) is 0.397. The fourth-order valence-electron chi connectivity index (χ4n) is 4.52. The second-order valence-corrected chi connectivity index (χ2v) is 10.0. The molecular weight excluding hydrogens is 543 g/mol. The van der Waals surface area contributed by atoms with Crippen LogP contribution in [0.5, 0.6) is 11.5 Å². The maximum Gasteiger partial charge on any atom is 0.243 e. The van der Waals surface area contributed by atoms with Gasteiger partial charge in [0.05, 0.1) is 20.6 Å². The first-order valence-corrected chi connectivity index (χ1v) is 13.5. The van der Waals surface area contributed by atoms with Crippen LogP contribution in [-0.2, 0) is 35.5 Å². The van der Waals surface area contributed by atoms with Crippen molar-refractivity contribution in [3.63, 3.8) is 0 Å². The first kappa shape index (κ1) is 29.6. The first-order valence-electron chi connectivity index (χ1n) is 13.2. The summed E-state index contributed by atoms with van der Waals surface area (Å²) in [6, 6.07) is 27.1. The van der Waals surface area contributed by atoms with Gasteiger partial charge in [-0.15, -0.1) is 0 Å². The Bertz CT molecular complexity index is 1450. The average Bonchev–Trinajstić information content (AvgIpc) is 2.99. The molecular formula is C33H32ClFN2O4. The van der Waals surface area contributed by atoms with Crippen LogP contribution in [0.3, 0.4) is 0 Å². The lowest BCUT2D eigenvalue weighted by atomic mass is 10.0. The highest BCUT2D eigenvalue weighted by Gasteiger charge is 2.30. The second kappa shape index (κ2) is 14.3. The van der Waals surface area contributed by atoms with Crippen LogP contribution in [0.15, 0.2) is 97.1 Å². The van der Waals surface area contributed by atoms with Crippen molar-refractivity contribution in [3.05, 3.63) is 130 Å². The van der Waals surface area contributed by atoms with E-state index in [1.165, 1.54) is 19.2 Å². The summed E-state index contributed by atoms with van der Waals surface area (Å²) in [4.78, 5) is 29.3. The van der Waals surface area contributed by atoms with Crippen molar-refractivity contribution >= 4 is 23.4 Å². The number of methoxy groups -OCH3 is 2. The van der Waals surface area contributed by atoms with Gasteiger partial charge >= 0.3 is 0 Å². The van der Waals surface area contributed by atoms with Crippen LogP contribution in [0.2, 0.25) is 5.02 Å². The highest BCUT2D eigenvalue weighted by Crippen LogP contribution is 2.28. The van der Waals surface area contributed by atoms with Gasteiger partial charge in [-0.1, -0.05) is 72.3 Å². The molecule has 0 unspecified atom stereocenters. The lowest BCUT2D eigenvalue weighted by Crippen LogP contribution is -2.50. The standard InChI is InChI=1S/C33H32ClFN2O4/c1-40-30-17-12-26(19-31(30)41-2)20-32(38)37(22-25-10-15-28(35)16-11-25)29(18-23-6-4-3-5-7-23)33(39)36-21-24-8-13-27(34)14-9-24/h3-17,19,29H,18,20-22H2,1-2H3,(H,36,39)/t29-/m0/s1. The summed E-state index contributed by atoms with van der Waals surface area (Å²) in [5, 5.41) is 3.60. The minimum atomic E-state index is -0.831. The molecule has 0 bridgehead atoms. The Morgan fingerprint density at radius 3 is 2.10 bits per heavy atom. The molecule has 1 atom stereocenters. The third kappa shape index (κ3) is 8.32. The molecule has 2 amide bonds. The normalized spacial score (nSPS) is 11.4. The predicted molar refractivity (Wildman–Crippen MR) is 157 cm³/mol. The predicted octanol–water partition coefficient (Wildman–Crippen LogP) is 6.00. The van der Waals surface area contributed by atoms with Crippen LogP contribution < -0.4 is 14.8 Å². The summed E-state index contributed by atoms with van der Waals surface area (Å²) in [6.07, 6.45) is 0.323. The number of halogens is 2. The van der Waals surface area contributed by atoms with Gasteiger partial charge < -0.3 is 19.7 Å². The number of nitrogens with zero attached hydrogens (tertiary/aromatic N) is 1. The van der Waals surface area contributed by atoms with Crippen LogP contribution in [0.4, 0.5) is 4.39 Å². The maximum atomic E-state index is 14.0. The van der Waals surface area contributed by atoms with Crippen LogP contribution in [-0.4, -0.2) is 37.0 Å². The van der Waals surface area contributed by atoms with Crippen molar-refractivity contribution in [2.75, 3.05) is 14.2 Å². The minimum absolute atomic E-state index is 0.0251. The van der Waals surface area contributed by atoms with E-state index in [1.807, 2.05) is 42.5 Å². The third-order valence-electron chi connectivity index (χ3n) is 6.72. The van der Waals surface area contributed by atoms with Crippen LogP contribution in [0.1, 0.15) is 22.3 Å². The molecule has 0 aliphatic carbocycles. The van der Waals surface area contributed by atoms with Crippen molar-refractivity contribution in [1.82, 2.24) is 10.2 Å². The van der Waals surface area contributed by atoms with Crippen molar-refractivity contribution in [2.24, 2.45) is 0 Å². The van der Waals surface area contributed by atoms with Gasteiger partial charge in [-0.25, -0.2) is 4.39 Å². The Hall–Kier alpha value is -4.36. The smallest absolute Gasteiger partial charge is 0.243 e. The highest BCUT2D eigenvalue weighted by atomic mass is 35.5. The molecule has 0 saturated carbocycles. The van der Waals surface area contributed by atoms with Gasteiger partial charge in [-0.3, -0.25) is 9.59 Å². The van der Waals surface area contributed by atoms with E-state index in [-0.39, 0.29) is 37.1 Å². The molecule has 4 rings (SSSR count). The fraction of sp³-hybridized carbons (Fsp3) is 0.212. The third-order valence-corrected chi connectivity index (χ3v) is 6.97. The Labute approximate surface area is 244 Å². The molecule has 6 nitrogen and oxygen atoms in total. The zero-order valence-corrected chi connectivity index (χ0v) is 23.7. The zero-order valence-electron chi connectivity index (χ0n) is 23.0. The lowest BCUT2D eigenvalue weighted by molar-refractivity contribution is -0.140. The molecule has 1 N–H and O–H groups in total. The molecule has 0 radical (unpaired) electrons. The number of carbonyl (C=O) groups is 2. The Morgan fingerprint density at radius 1 is 0.805 bits per heavy atom. The number of carbonyl (C=O) groups excluding carboxylic acids is 2. The molecule has 0 spiro atoms. The summed E-state index contributed by atoms with van der Waals surface area (Å²) in [5.74, 6) is 0.119. The van der Waals surface area contributed by atoms with Gasteiger partial charge in [0.1, 0.15) is 11.9 Å². The molecule has 8 heteroatoms. The topological polar surface area (TPSA) is 67.9 Å². The van der Waals surface area contributed by atoms with Crippen molar-refractivity contribution in [2.45, 2.75) is 32.0 Å². The van der Waals surface area contributed by atoms with E-state index < -0.39 is 6.04 Å². The van der Waals surface area contributed by atoms with Crippen molar-refractivity contribution < 1.29 is 23.5 Å². The molecule has 0 saturated heterocycles. The Morgan fingerprint density at radius 2 is 1.44 bits per heavy atom.